The van der Waals surface area contributed by atoms with Crippen molar-refractivity contribution in [1.82, 2.24) is 14.3 Å². The number of H-pyrrole nitrogens is 1. The lowest BCUT2D eigenvalue weighted by Crippen LogP contribution is -2.34. The summed E-state index contributed by atoms with van der Waals surface area (Å²) in [5, 5.41) is 2.68. The minimum atomic E-state index is -3.92. The monoisotopic (exact) mass is 480 g/mol. The molecule has 0 atom stereocenters. The highest BCUT2D eigenvalue weighted by molar-refractivity contribution is 7.89. The summed E-state index contributed by atoms with van der Waals surface area (Å²) in [6.07, 6.45) is 0. The lowest BCUT2D eigenvalue weighted by molar-refractivity contribution is -0.116. The lowest BCUT2D eigenvalue weighted by Gasteiger charge is -2.17. The van der Waals surface area contributed by atoms with E-state index in [1.807, 2.05) is 30.3 Å². The number of ether oxygens (including phenoxy) is 2. The van der Waals surface area contributed by atoms with Crippen LogP contribution in [0, 0.1) is 0 Å². The third kappa shape index (κ3) is 4.73. The van der Waals surface area contributed by atoms with E-state index in [1.165, 1.54) is 33.4 Å². The van der Waals surface area contributed by atoms with Crippen LogP contribution in [0.5, 0.6) is 11.5 Å². The first-order valence-corrected chi connectivity index (χ1v) is 11.8. The maximum atomic E-state index is 13.1. The Morgan fingerprint density at radius 3 is 2.44 bits per heavy atom. The largest absolute Gasteiger partial charge is 0.493 e. The van der Waals surface area contributed by atoms with Crippen LogP contribution in [0.3, 0.4) is 0 Å². The SMILES string of the molecule is COc1ccc(NC(=O)CN(C)S(=O)(=O)c2ccc3nc(-c4ccccc4)[nH]c3c2)cc1OC. The van der Waals surface area contributed by atoms with Crippen LogP contribution in [0.15, 0.2) is 71.6 Å². The zero-order chi connectivity index (χ0) is 24.3. The standard InChI is InChI=1S/C24H24N4O5S/c1-28(15-23(29)25-17-9-12-21(32-2)22(13-17)33-3)34(30,31)18-10-11-19-20(14-18)27-24(26-19)16-7-5-4-6-8-16/h4-14H,15H2,1-3H3,(H,25,29)(H,26,27). The summed E-state index contributed by atoms with van der Waals surface area (Å²) in [5.74, 6) is 1.12. The van der Waals surface area contributed by atoms with Gasteiger partial charge in [0.25, 0.3) is 0 Å². The van der Waals surface area contributed by atoms with Crippen molar-refractivity contribution in [2.24, 2.45) is 0 Å². The summed E-state index contributed by atoms with van der Waals surface area (Å²) in [6, 6.07) is 19.1. The highest BCUT2D eigenvalue weighted by atomic mass is 32.2. The van der Waals surface area contributed by atoms with Crippen LogP contribution in [0.25, 0.3) is 22.4 Å². The van der Waals surface area contributed by atoms with Gasteiger partial charge in [-0.15, -0.1) is 0 Å². The van der Waals surface area contributed by atoms with Crippen LogP contribution in [-0.2, 0) is 14.8 Å². The van der Waals surface area contributed by atoms with Crippen molar-refractivity contribution in [3.05, 3.63) is 66.7 Å². The van der Waals surface area contributed by atoms with Crippen LogP contribution < -0.4 is 14.8 Å². The quantitative estimate of drug-likeness (QED) is 0.399. The number of aromatic nitrogens is 2. The molecule has 4 rings (SSSR count). The molecule has 3 aromatic carbocycles. The molecule has 0 saturated carbocycles. The molecule has 0 unspecified atom stereocenters. The molecule has 0 spiro atoms. The van der Waals surface area contributed by atoms with Crippen molar-refractivity contribution >= 4 is 32.7 Å². The van der Waals surface area contributed by atoms with Gasteiger partial charge in [-0.25, -0.2) is 13.4 Å². The highest BCUT2D eigenvalue weighted by Crippen LogP contribution is 2.30. The topological polar surface area (TPSA) is 114 Å². The molecule has 176 valence electrons. The molecule has 1 aromatic heterocycles. The van der Waals surface area contributed by atoms with Crippen molar-refractivity contribution in [2.75, 3.05) is 33.1 Å². The van der Waals surface area contributed by atoms with Gasteiger partial charge in [0.05, 0.1) is 36.7 Å². The number of carbonyl (C=O) groups is 1. The van der Waals surface area contributed by atoms with E-state index in [4.69, 9.17) is 9.47 Å². The maximum absolute atomic E-state index is 13.1. The number of nitrogens with one attached hydrogen (secondary N) is 2. The fourth-order valence-electron chi connectivity index (χ4n) is 3.46. The molecule has 1 amide bonds. The Hall–Kier alpha value is -3.89. The average Bonchev–Trinajstić information content (AvgIpc) is 3.28. The maximum Gasteiger partial charge on any atom is 0.243 e. The third-order valence-electron chi connectivity index (χ3n) is 5.24. The molecule has 0 aliphatic carbocycles. The van der Waals surface area contributed by atoms with Crippen molar-refractivity contribution in [3.8, 4) is 22.9 Å². The van der Waals surface area contributed by atoms with Crippen LogP contribution in [0.1, 0.15) is 0 Å². The normalized spacial score (nSPS) is 11.5. The smallest absolute Gasteiger partial charge is 0.243 e. The number of benzene rings is 3. The van der Waals surface area contributed by atoms with Crippen molar-refractivity contribution < 1.29 is 22.7 Å². The summed E-state index contributed by atoms with van der Waals surface area (Å²) >= 11 is 0. The summed E-state index contributed by atoms with van der Waals surface area (Å²) in [5.41, 5.74) is 2.59. The number of likely N-dealkylation sites (N-methyl/N-ethyl adjacent to an activating group) is 1. The van der Waals surface area contributed by atoms with Crippen LogP contribution >= 0.6 is 0 Å². The van der Waals surface area contributed by atoms with Gasteiger partial charge in [0, 0.05) is 24.4 Å². The predicted octanol–water partition coefficient (Wildman–Crippen LogP) is 3.51. The number of amides is 1. The Morgan fingerprint density at radius 2 is 1.74 bits per heavy atom. The van der Waals surface area contributed by atoms with E-state index in [0.717, 1.165) is 9.87 Å². The highest BCUT2D eigenvalue weighted by Gasteiger charge is 2.24. The summed E-state index contributed by atoms with van der Waals surface area (Å²) < 4.78 is 37.6. The zero-order valence-electron chi connectivity index (χ0n) is 18.9. The zero-order valence-corrected chi connectivity index (χ0v) is 19.7. The van der Waals surface area contributed by atoms with E-state index in [-0.39, 0.29) is 11.4 Å². The Bertz CT molecular complexity index is 1430. The number of anilines is 1. The van der Waals surface area contributed by atoms with E-state index in [0.29, 0.717) is 34.0 Å². The number of rotatable bonds is 8. The molecule has 34 heavy (non-hydrogen) atoms. The predicted molar refractivity (Wildman–Crippen MR) is 130 cm³/mol. The number of sulfonamides is 1. The Kier molecular flexibility index (Phi) is 6.53. The van der Waals surface area contributed by atoms with Crippen molar-refractivity contribution in [3.63, 3.8) is 0 Å². The van der Waals surface area contributed by atoms with Crippen LogP contribution in [0.4, 0.5) is 5.69 Å². The number of carbonyl (C=O) groups excluding carboxylic acids is 1. The first kappa shape index (κ1) is 23.3. The molecule has 9 nitrogen and oxygen atoms in total. The van der Waals surface area contributed by atoms with Crippen molar-refractivity contribution in [2.45, 2.75) is 4.90 Å². The van der Waals surface area contributed by atoms with Gasteiger partial charge in [0.2, 0.25) is 15.9 Å². The van der Waals surface area contributed by atoms with E-state index < -0.39 is 15.9 Å². The molecule has 0 saturated heterocycles. The van der Waals surface area contributed by atoms with E-state index in [9.17, 15) is 13.2 Å². The first-order valence-electron chi connectivity index (χ1n) is 10.3. The van der Waals surface area contributed by atoms with E-state index in [2.05, 4.69) is 15.3 Å². The Labute approximate surface area is 197 Å². The van der Waals surface area contributed by atoms with Crippen molar-refractivity contribution in [1.29, 1.82) is 0 Å². The summed E-state index contributed by atoms with van der Waals surface area (Å²) in [4.78, 5) is 20.3. The number of nitrogens with zero attached hydrogens (tertiary/aromatic N) is 2. The molecule has 0 bridgehead atoms. The van der Waals surface area contributed by atoms with Gasteiger partial charge in [-0.3, -0.25) is 4.79 Å². The average molecular weight is 481 g/mol. The second-order valence-electron chi connectivity index (χ2n) is 7.51. The van der Waals surface area contributed by atoms with Crippen LogP contribution in [0.2, 0.25) is 0 Å². The molecule has 0 radical (unpaired) electrons. The number of methoxy groups -OCH3 is 2. The van der Waals surface area contributed by atoms with Gasteiger partial charge in [-0.05, 0) is 30.3 Å². The fourth-order valence-corrected chi connectivity index (χ4v) is 4.62. The van der Waals surface area contributed by atoms with Gasteiger partial charge in [-0.2, -0.15) is 4.31 Å². The molecular formula is C24H24N4O5S. The lowest BCUT2D eigenvalue weighted by atomic mass is 10.2. The van der Waals surface area contributed by atoms with Gasteiger partial charge in [-0.1, -0.05) is 30.3 Å². The minimum Gasteiger partial charge on any atom is -0.493 e. The second kappa shape index (κ2) is 9.54. The third-order valence-corrected chi connectivity index (χ3v) is 7.04. The molecule has 0 fully saturated rings. The molecular weight excluding hydrogens is 456 g/mol. The first-order chi connectivity index (χ1) is 16.3. The minimum absolute atomic E-state index is 0.0599. The molecule has 0 aliphatic rings. The molecule has 10 heteroatoms. The summed E-state index contributed by atoms with van der Waals surface area (Å²) in [7, 11) is 0.443. The molecule has 0 aliphatic heterocycles. The fraction of sp³-hybridized carbons (Fsp3) is 0.167. The number of fused-ring (bicyclic) bond motifs is 1. The van der Waals surface area contributed by atoms with Gasteiger partial charge in [0.15, 0.2) is 11.5 Å². The van der Waals surface area contributed by atoms with Gasteiger partial charge >= 0.3 is 0 Å². The molecule has 1 heterocycles. The Morgan fingerprint density at radius 1 is 1.00 bits per heavy atom. The Balaban J connectivity index is 1.50. The van der Waals surface area contributed by atoms with E-state index in [1.54, 1.807) is 24.3 Å². The van der Waals surface area contributed by atoms with E-state index >= 15 is 0 Å². The summed E-state index contributed by atoms with van der Waals surface area (Å²) in [6.45, 7) is -0.368. The number of hydrogen-bond donors (Lipinski definition) is 2. The van der Waals surface area contributed by atoms with Gasteiger partial charge in [0.1, 0.15) is 5.82 Å². The number of aromatic amines is 1. The second-order valence-corrected chi connectivity index (χ2v) is 9.55. The molecule has 4 aromatic rings. The van der Waals surface area contributed by atoms with Crippen LogP contribution in [-0.4, -0.2) is 56.4 Å². The molecule has 2 N–H and O–H groups in total. The number of imidazole rings is 1. The van der Waals surface area contributed by atoms with Gasteiger partial charge < -0.3 is 19.8 Å². The number of hydrogen-bond acceptors (Lipinski definition) is 6.